The molecule has 1 aliphatic heterocycles. The van der Waals surface area contributed by atoms with E-state index in [1.54, 1.807) is 4.90 Å². The van der Waals surface area contributed by atoms with Crippen LogP contribution in [0.2, 0.25) is 0 Å². The molecular weight excluding hydrogens is 154 g/mol. The van der Waals surface area contributed by atoms with Gasteiger partial charge in [-0.05, 0) is 5.92 Å². The Hall–Kier alpha value is -0.770. The minimum atomic E-state index is 0.0195. The van der Waals surface area contributed by atoms with Crippen LogP contribution in [0.1, 0.15) is 13.8 Å². The van der Waals surface area contributed by atoms with Gasteiger partial charge in [-0.1, -0.05) is 13.8 Å². The molecule has 70 valence electrons. The minimum Gasteiger partial charge on any atom is -0.336 e. The van der Waals surface area contributed by atoms with Crippen LogP contribution in [-0.2, 0) is 0 Å². The van der Waals surface area contributed by atoms with Crippen molar-refractivity contribution in [2.24, 2.45) is 11.7 Å². The Balaban J connectivity index is 2.35. The van der Waals surface area contributed by atoms with E-state index < -0.39 is 0 Å². The van der Waals surface area contributed by atoms with Crippen LogP contribution in [0.4, 0.5) is 4.79 Å². The summed E-state index contributed by atoms with van der Waals surface area (Å²) in [6, 6.07) is 0.111. The predicted octanol–water partition coefficient (Wildman–Crippen LogP) is -0.00510. The standard InChI is InChI=1S/C8H17N3O/c1-6(2)7(9)5-11-4-3-10-8(11)12/h6-7H,3-5,9H2,1-2H3,(H,10,12). The lowest BCUT2D eigenvalue weighted by Gasteiger charge is -2.21. The van der Waals surface area contributed by atoms with Gasteiger partial charge in [0.25, 0.3) is 0 Å². The second-order valence-corrected chi connectivity index (χ2v) is 3.59. The fourth-order valence-corrected chi connectivity index (χ4v) is 1.15. The van der Waals surface area contributed by atoms with Crippen molar-refractivity contribution >= 4 is 6.03 Å². The van der Waals surface area contributed by atoms with Crippen molar-refractivity contribution in [3.05, 3.63) is 0 Å². The van der Waals surface area contributed by atoms with Crippen molar-refractivity contribution in [1.82, 2.24) is 10.2 Å². The van der Waals surface area contributed by atoms with Gasteiger partial charge in [0, 0.05) is 25.7 Å². The van der Waals surface area contributed by atoms with Gasteiger partial charge in [-0.15, -0.1) is 0 Å². The molecule has 1 rings (SSSR count). The molecule has 1 aliphatic rings. The van der Waals surface area contributed by atoms with Gasteiger partial charge in [0.15, 0.2) is 0 Å². The van der Waals surface area contributed by atoms with Crippen LogP contribution in [0.5, 0.6) is 0 Å². The average molecular weight is 171 g/mol. The highest BCUT2D eigenvalue weighted by Crippen LogP contribution is 2.03. The van der Waals surface area contributed by atoms with Crippen LogP contribution >= 0.6 is 0 Å². The Morgan fingerprint density at radius 2 is 2.33 bits per heavy atom. The Morgan fingerprint density at radius 3 is 2.75 bits per heavy atom. The van der Waals surface area contributed by atoms with Gasteiger partial charge in [-0.2, -0.15) is 0 Å². The molecule has 0 bridgehead atoms. The second kappa shape index (κ2) is 3.76. The number of amides is 2. The summed E-state index contributed by atoms with van der Waals surface area (Å²) < 4.78 is 0. The SMILES string of the molecule is CC(C)C(N)CN1CCNC1=O. The molecule has 4 nitrogen and oxygen atoms in total. The van der Waals surface area contributed by atoms with E-state index in [1.165, 1.54) is 0 Å². The second-order valence-electron chi connectivity index (χ2n) is 3.59. The molecular formula is C8H17N3O. The van der Waals surface area contributed by atoms with Gasteiger partial charge >= 0.3 is 6.03 Å². The zero-order valence-electron chi connectivity index (χ0n) is 7.71. The molecule has 12 heavy (non-hydrogen) atoms. The van der Waals surface area contributed by atoms with Crippen molar-refractivity contribution in [2.75, 3.05) is 19.6 Å². The van der Waals surface area contributed by atoms with Crippen molar-refractivity contribution in [2.45, 2.75) is 19.9 Å². The third-order valence-electron chi connectivity index (χ3n) is 2.23. The number of urea groups is 1. The first-order valence-electron chi connectivity index (χ1n) is 4.39. The van der Waals surface area contributed by atoms with Crippen LogP contribution in [0.3, 0.4) is 0 Å². The number of hydrogen-bond donors (Lipinski definition) is 2. The summed E-state index contributed by atoms with van der Waals surface area (Å²) in [7, 11) is 0. The first-order valence-corrected chi connectivity index (χ1v) is 4.39. The summed E-state index contributed by atoms with van der Waals surface area (Å²) in [6.07, 6.45) is 0. The Labute approximate surface area is 73.1 Å². The van der Waals surface area contributed by atoms with Gasteiger partial charge in [-0.3, -0.25) is 0 Å². The van der Waals surface area contributed by atoms with Crippen molar-refractivity contribution in [3.63, 3.8) is 0 Å². The number of nitrogens with two attached hydrogens (primary N) is 1. The number of rotatable bonds is 3. The summed E-state index contributed by atoms with van der Waals surface area (Å²) in [5, 5.41) is 2.75. The van der Waals surface area contributed by atoms with Gasteiger partial charge < -0.3 is 16.0 Å². The smallest absolute Gasteiger partial charge is 0.317 e. The summed E-state index contributed by atoms with van der Waals surface area (Å²) in [4.78, 5) is 12.9. The van der Waals surface area contributed by atoms with E-state index >= 15 is 0 Å². The lowest BCUT2D eigenvalue weighted by atomic mass is 10.1. The summed E-state index contributed by atoms with van der Waals surface area (Å²) >= 11 is 0. The number of carbonyl (C=O) groups excluding carboxylic acids is 1. The van der Waals surface area contributed by atoms with Gasteiger partial charge in [0.2, 0.25) is 0 Å². The van der Waals surface area contributed by atoms with E-state index in [9.17, 15) is 4.79 Å². The monoisotopic (exact) mass is 171 g/mol. The minimum absolute atomic E-state index is 0.0195. The van der Waals surface area contributed by atoms with Crippen LogP contribution in [0, 0.1) is 5.92 Å². The van der Waals surface area contributed by atoms with Gasteiger partial charge in [0.05, 0.1) is 0 Å². The molecule has 3 N–H and O–H groups in total. The fraction of sp³-hybridized carbons (Fsp3) is 0.875. The maximum absolute atomic E-state index is 11.1. The largest absolute Gasteiger partial charge is 0.336 e. The first-order chi connectivity index (χ1) is 5.61. The third-order valence-corrected chi connectivity index (χ3v) is 2.23. The van der Waals surface area contributed by atoms with E-state index in [0.717, 1.165) is 13.1 Å². The molecule has 0 aromatic heterocycles. The van der Waals surface area contributed by atoms with E-state index in [0.29, 0.717) is 12.5 Å². The van der Waals surface area contributed by atoms with Crippen LogP contribution in [0.25, 0.3) is 0 Å². The fourth-order valence-electron chi connectivity index (χ4n) is 1.15. The number of carbonyl (C=O) groups is 1. The Bertz CT molecular complexity index is 170. The maximum atomic E-state index is 11.1. The zero-order chi connectivity index (χ0) is 9.14. The predicted molar refractivity (Wildman–Crippen MR) is 47.8 cm³/mol. The van der Waals surface area contributed by atoms with Crippen molar-refractivity contribution in [3.8, 4) is 0 Å². The van der Waals surface area contributed by atoms with Gasteiger partial charge in [0.1, 0.15) is 0 Å². The molecule has 1 atom stereocenters. The topological polar surface area (TPSA) is 58.4 Å². The molecule has 0 radical (unpaired) electrons. The van der Waals surface area contributed by atoms with E-state index in [4.69, 9.17) is 5.73 Å². The summed E-state index contributed by atoms with van der Waals surface area (Å²) in [5.41, 5.74) is 5.84. The highest BCUT2D eigenvalue weighted by atomic mass is 16.2. The molecule has 1 fully saturated rings. The van der Waals surface area contributed by atoms with E-state index in [-0.39, 0.29) is 12.1 Å². The molecule has 1 heterocycles. The van der Waals surface area contributed by atoms with Crippen LogP contribution < -0.4 is 11.1 Å². The van der Waals surface area contributed by atoms with E-state index in [1.807, 2.05) is 0 Å². The third kappa shape index (κ3) is 2.11. The average Bonchev–Trinajstić information content (AvgIpc) is 2.36. The normalized spacial score (nSPS) is 20.0. The molecule has 1 unspecified atom stereocenters. The number of hydrogen-bond acceptors (Lipinski definition) is 2. The highest BCUT2D eigenvalue weighted by Gasteiger charge is 2.22. The zero-order valence-corrected chi connectivity index (χ0v) is 7.71. The van der Waals surface area contributed by atoms with E-state index in [2.05, 4.69) is 19.2 Å². The van der Waals surface area contributed by atoms with Crippen molar-refractivity contribution in [1.29, 1.82) is 0 Å². The van der Waals surface area contributed by atoms with Gasteiger partial charge in [-0.25, -0.2) is 4.79 Å². The Kier molecular flexibility index (Phi) is 2.92. The number of nitrogens with one attached hydrogen (secondary N) is 1. The molecule has 1 saturated heterocycles. The molecule has 0 spiro atoms. The Morgan fingerprint density at radius 1 is 1.67 bits per heavy atom. The summed E-state index contributed by atoms with van der Waals surface area (Å²) in [6.45, 7) is 6.35. The van der Waals surface area contributed by atoms with Crippen molar-refractivity contribution < 1.29 is 4.79 Å². The first kappa shape index (κ1) is 9.32. The highest BCUT2D eigenvalue weighted by molar-refractivity contribution is 5.76. The molecule has 0 aliphatic carbocycles. The summed E-state index contributed by atoms with van der Waals surface area (Å²) in [5.74, 6) is 0.429. The lowest BCUT2D eigenvalue weighted by Crippen LogP contribution is -2.42. The lowest BCUT2D eigenvalue weighted by molar-refractivity contribution is 0.211. The molecule has 0 saturated carbocycles. The quantitative estimate of drug-likeness (QED) is 0.627. The molecule has 4 heteroatoms. The maximum Gasteiger partial charge on any atom is 0.317 e. The molecule has 0 aromatic carbocycles. The molecule has 2 amide bonds. The number of nitrogens with zero attached hydrogens (tertiary/aromatic N) is 1. The van der Waals surface area contributed by atoms with Crippen LogP contribution in [-0.4, -0.2) is 36.6 Å². The van der Waals surface area contributed by atoms with Crippen LogP contribution in [0.15, 0.2) is 0 Å². The molecule has 0 aromatic rings.